The first-order valence-corrected chi connectivity index (χ1v) is 9.75. The molecule has 2 atom stereocenters. The Morgan fingerprint density at radius 2 is 1.96 bits per heavy atom. The highest BCUT2D eigenvalue weighted by Crippen LogP contribution is 2.31. The summed E-state index contributed by atoms with van der Waals surface area (Å²) in [5.41, 5.74) is 0. The first-order valence-electron chi connectivity index (χ1n) is 9.75. The van der Waals surface area contributed by atoms with Crippen LogP contribution in [0.5, 0.6) is 0 Å². The summed E-state index contributed by atoms with van der Waals surface area (Å²) < 4.78 is 5.48. The van der Waals surface area contributed by atoms with Crippen LogP contribution in [0.3, 0.4) is 0 Å². The van der Waals surface area contributed by atoms with Crippen LogP contribution in [0.25, 0.3) is 0 Å². The Bertz CT molecular complexity index is 410. The molecule has 1 N–H and O–H groups in total. The molecule has 3 rings (SSSR count). The summed E-state index contributed by atoms with van der Waals surface area (Å²) in [5, 5.41) is 3.14. The third-order valence-electron chi connectivity index (χ3n) is 5.74. The predicted octanol–water partition coefficient (Wildman–Crippen LogP) is 1.37. The SMILES string of the molecule is CC(C)N1C2CCC1CN(C(=O)NCCN1CCCOCC1)CC2. The number of hydrogen-bond donors (Lipinski definition) is 1. The van der Waals surface area contributed by atoms with E-state index >= 15 is 0 Å². The van der Waals surface area contributed by atoms with E-state index in [-0.39, 0.29) is 6.03 Å². The van der Waals surface area contributed by atoms with Gasteiger partial charge in [-0.25, -0.2) is 4.79 Å². The average Bonchev–Trinajstić information content (AvgIpc) is 2.71. The highest BCUT2D eigenvalue weighted by molar-refractivity contribution is 5.74. The number of amides is 2. The molecule has 0 spiro atoms. The number of likely N-dealkylation sites (tertiary alicyclic amines) is 1. The van der Waals surface area contributed by atoms with Gasteiger partial charge in [0.1, 0.15) is 0 Å². The van der Waals surface area contributed by atoms with Gasteiger partial charge in [-0.15, -0.1) is 0 Å². The van der Waals surface area contributed by atoms with Gasteiger partial charge in [0.05, 0.1) is 6.61 Å². The number of nitrogens with zero attached hydrogens (tertiary/aromatic N) is 3. The largest absolute Gasteiger partial charge is 0.380 e. The van der Waals surface area contributed by atoms with Crippen molar-refractivity contribution in [3.63, 3.8) is 0 Å². The van der Waals surface area contributed by atoms with Gasteiger partial charge in [0.25, 0.3) is 0 Å². The second-order valence-electron chi connectivity index (χ2n) is 7.70. The molecule has 0 aromatic rings. The second kappa shape index (κ2) is 8.50. The lowest BCUT2D eigenvalue weighted by Crippen LogP contribution is -2.48. The highest BCUT2D eigenvalue weighted by atomic mass is 16.5. The Hall–Kier alpha value is -0.850. The van der Waals surface area contributed by atoms with E-state index in [1.165, 1.54) is 12.8 Å². The van der Waals surface area contributed by atoms with Crippen molar-refractivity contribution in [2.24, 2.45) is 0 Å². The van der Waals surface area contributed by atoms with Gasteiger partial charge in [-0.3, -0.25) is 9.80 Å². The maximum Gasteiger partial charge on any atom is 0.317 e. The number of nitrogens with one attached hydrogen (secondary N) is 1. The van der Waals surface area contributed by atoms with E-state index in [1.807, 2.05) is 4.90 Å². The monoisotopic (exact) mass is 338 g/mol. The summed E-state index contributed by atoms with van der Waals surface area (Å²) in [6.07, 6.45) is 4.75. The summed E-state index contributed by atoms with van der Waals surface area (Å²) in [4.78, 5) is 19.6. The van der Waals surface area contributed by atoms with Crippen molar-refractivity contribution >= 4 is 6.03 Å². The van der Waals surface area contributed by atoms with Crippen LogP contribution in [0.1, 0.15) is 39.5 Å². The number of carbonyl (C=O) groups is 1. The summed E-state index contributed by atoms with van der Waals surface area (Å²) in [6.45, 7) is 11.7. The lowest BCUT2D eigenvalue weighted by atomic mass is 10.1. The molecule has 2 amide bonds. The van der Waals surface area contributed by atoms with Crippen molar-refractivity contribution in [2.75, 3.05) is 52.5 Å². The first-order chi connectivity index (χ1) is 11.6. The van der Waals surface area contributed by atoms with E-state index in [9.17, 15) is 4.79 Å². The second-order valence-corrected chi connectivity index (χ2v) is 7.70. The fourth-order valence-electron chi connectivity index (χ4n) is 4.59. The average molecular weight is 338 g/mol. The van der Waals surface area contributed by atoms with Crippen molar-refractivity contribution in [2.45, 2.75) is 57.7 Å². The maximum absolute atomic E-state index is 12.6. The van der Waals surface area contributed by atoms with Crippen LogP contribution < -0.4 is 5.32 Å². The first kappa shape index (κ1) is 18.0. The standard InChI is InChI=1S/C18H34N4O2/c1-15(2)22-16-4-5-17(22)14-21(9-6-16)18(23)19-7-10-20-8-3-12-24-13-11-20/h15-17H,3-14H2,1-2H3,(H,19,23). The number of carbonyl (C=O) groups excluding carboxylic acids is 1. The fourth-order valence-corrected chi connectivity index (χ4v) is 4.59. The van der Waals surface area contributed by atoms with E-state index < -0.39 is 0 Å². The van der Waals surface area contributed by atoms with E-state index in [0.29, 0.717) is 18.1 Å². The van der Waals surface area contributed by atoms with Crippen LogP contribution in [0.2, 0.25) is 0 Å². The number of hydrogen-bond acceptors (Lipinski definition) is 4. The maximum atomic E-state index is 12.6. The predicted molar refractivity (Wildman–Crippen MR) is 95.2 cm³/mol. The van der Waals surface area contributed by atoms with E-state index in [1.54, 1.807) is 0 Å². The van der Waals surface area contributed by atoms with Crippen molar-refractivity contribution in [1.29, 1.82) is 0 Å². The topological polar surface area (TPSA) is 48.0 Å². The lowest BCUT2D eigenvalue weighted by Gasteiger charge is -2.32. The number of ether oxygens (including phenoxy) is 1. The van der Waals surface area contributed by atoms with Crippen LogP contribution in [-0.4, -0.2) is 91.3 Å². The van der Waals surface area contributed by atoms with Crippen LogP contribution in [0, 0.1) is 0 Å². The Balaban J connectivity index is 1.44. The van der Waals surface area contributed by atoms with Gasteiger partial charge in [-0.05, 0) is 39.5 Å². The zero-order valence-corrected chi connectivity index (χ0v) is 15.4. The third kappa shape index (κ3) is 4.41. The normalized spacial score (nSPS) is 29.5. The molecule has 0 aromatic carbocycles. The van der Waals surface area contributed by atoms with Crippen LogP contribution in [-0.2, 0) is 4.74 Å². The Labute approximate surface area is 146 Å². The van der Waals surface area contributed by atoms with Gasteiger partial charge in [0.2, 0.25) is 0 Å². The molecule has 0 aromatic heterocycles. The minimum Gasteiger partial charge on any atom is -0.380 e. The molecule has 2 unspecified atom stereocenters. The van der Waals surface area contributed by atoms with Gasteiger partial charge in [-0.1, -0.05) is 0 Å². The molecule has 6 heteroatoms. The zero-order chi connectivity index (χ0) is 16.9. The quantitative estimate of drug-likeness (QED) is 0.841. The van der Waals surface area contributed by atoms with E-state index in [4.69, 9.17) is 4.74 Å². The smallest absolute Gasteiger partial charge is 0.317 e. The van der Waals surface area contributed by atoms with Crippen molar-refractivity contribution in [1.82, 2.24) is 20.0 Å². The molecule has 138 valence electrons. The lowest BCUT2D eigenvalue weighted by molar-refractivity contribution is 0.140. The van der Waals surface area contributed by atoms with Crippen LogP contribution >= 0.6 is 0 Å². The third-order valence-corrected chi connectivity index (χ3v) is 5.74. The van der Waals surface area contributed by atoms with Crippen LogP contribution in [0.15, 0.2) is 0 Å². The van der Waals surface area contributed by atoms with Crippen molar-refractivity contribution in [3.05, 3.63) is 0 Å². The summed E-state index contributed by atoms with van der Waals surface area (Å²) in [6, 6.07) is 1.92. The van der Waals surface area contributed by atoms with Crippen molar-refractivity contribution in [3.8, 4) is 0 Å². The molecule has 2 bridgehead atoms. The van der Waals surface area contributed by atoms with Gasteiger partial charge in [0, 0.05) is 64.0 Å². The molecule has 24 heavy (non-hydrogen) atoms. The molecular formula is C18H34N4O2. The molecule has 3 fully saturated rings. The molecule has 6 nitrogen and oxygen atoms in total. The molecule has 0 aliphatic carbocycles. The van der Waals surface area contributed by atoms with Gasteiger partial charge >= 0.3 is 6.03 Å². The molecule has 0 saturated carbocycles. The number of fused-ring (bicyclic) bond motifs is 2. The van der Waals surface area contributed by atoms with Crippen molar-refractivity contribution < 1.29 is 9.53 Å². The summed E-state index contributed by atoms with van der Waals surface area (Å²) in [7, 11) is 0. The zero-order valence-electron chi connectivity index (χ0n) is 15.4. The highest BCUT2D eigenvalue weighted by Gasteiger charge is 2.39. The minimum atomic E-state index is 0.123. The number of urea groups is 1. The summed E-state index contributed by atoms with van der Waals surface area (Å²) in [5.74, 6) is 0. The van der Waals surface area contributed by atoms with Gasteiger partial charge in [-0.2, -0.15) is 0 Å². The van der Waals surface area contributed by atoms with E-state index in [2.05, 4.69) is 29.0 Å². The molecule has 3 heterocycles. The Morgan fingerprint density at radius 3 is 2.79 bits per heavy atom. The minimum absolute atomic E-state index is 0.123. The molecule has 3 aliphatic heterocycles. The molecule has 0 radical (unpaired) electrons. The van der Waals surface area contributed by atoms with E-state index in [0.717, 1.165) is 65.3 Å². The molecule has 3 saturated heterocycles. The van der Waals surface area contributed by atoms with Gasteiger partial charge in [0.15, 0.2) is 0 Å². The van der Waals surface area contributed by atoms with Gasteiger partial charge < -0.3 is 15.0 Å². The fraction of sp³-hybridized carbons (Fsp3) is 0.944. The Kier molecular flexibility index (Phi) is 6.36. The van der Waals surface area contributed by atoms with Crippen LogP contribution in [0.4, 0.5) is 4.79 Å². The number of rotatable bonds is 4. The molecular weight excluding hydrogens is 304 g/mol. The Morgan fingerprint density at radius 1 is 1.12 bits per heavy atom. The summed E-state index contributed by atoms with van der Waals surface area (Å²) >= 11 is 0. The molecule has 3 aliphatic rings.